The lowest BCUT2D eigenvalue weighted by Gasteiger charge is -2.17. The minimum atomic E-state index is -0.671. The van der Waals surface area contributed by atoms with Crippen molar-refractivity contribution in [3.05, 3.63) is 77.0 Å². The van der Waals surface area contributed by atoms with E-state index in [1.165, 1.54) is 0 Å². The minimum Gasteiger partial charge on any atom is -0.354 e. The first kappa shape index (κ1) is 25.0. The van der Waals surface area contributed by atoms with Crippen molar-refractivity contribution in [1.29, 1.82) is 0 Å². The van der Waals surface area contributed by atoms with E-state index >= 15 is 0 Å². The van der Waals surface area contributed by atoms with Crippen LogP contribution in [-0.2, 0) is 6.54 Å². The van der Waals surface area contributed by atoms with Crippen LogP contribution >= 0.6 is 0 Å². The molecule has 1 unspecified atom stereocenters. The van der Waals surface area contributed by atoms with Crippen molar-refractivity contribution < 1.29 is 8.91 Å². The first-order chi connectivity index (χ1) is 18.0. The number of rotatable bonds is 9. The summed E-state index contributed by atoms with van der Waals surface area (Å²) >= 11 is 0. The molecule has 1 aromatic carbocycles. The predicted octanol–water partition coefficient (Wildman–Crippen LogP) is 5.97. The Morgan fingerprint density at radius 1 is 1.03 bits per heavy atom. The molecule has 5 rings (SSSR count). The van der Waals surface area contributed by atoms with Gasteiger partial charge in [0.2, 0.25) is 0 Å². The fraction of sp³-hybridized carbons (Fsp3) is 0.379. The summed E-state index contributed by atoms with van der Waals surface area (Å²) in [6.45, 7) is 4.88. The van der Waals surface area contributed by atoms with E-state index in [9.17, 15) is 9.18 Å². The molecular weight excluding hydrogens is 469 g/mol. The maximum atomic E-state index is 13.4. The zero-order chi connectivity index (χ0) is 25.8. The lowest BCUT2D eigenvalue weighted by Crippen LogP contribution is -2.25. The molecule has 3 aromatic heterocycles. The van der Waals surface area contributed by atoms with Crippen molar-refractivity contribution in [3.63, 3.8) is 0 Å². The van der Waals surface area contributed by atoms with Crippen LogP contribution in [0, 0.1) is 0 Å². The van der Waals surface area contributed by atoms with E-state index in [0.29, 0.717) is 42.2 Å². The van der Waals surface area contributed by atoms with E-state index < -0.39 is 6.17 Å². The van der Waals surface area contributed by atoms with Gasteiger partial charge >= 0.3 is 0 Å². The van der Waals surface area contributed by atoms with Crippen molar-refractivity contribution >= 4 is 0 Å². The summed E-state index contributed by atoms with van der Waals surface area (Å²) in [6, 6.07) is 13.7. The van der Waals surface area contributed by atoms with Crippen molar-refractivity contribution in [2.45, 2.75) is 70.8 Å². The second-order valence-electron chi connectivity index (χ2n) is 9.68. The molecule has 1 aliphatic rings. The van der Waals surface area contributed by atoms with E-state index in [-0.39, 0.29) is 17.6 Å². The Kier molecular flexibility index (Phi) is 7.55. The maximum absolute atomic E-state index is 13.4. The Hall–Kier alpha value is -3.65. The van der Waals surface area contributed by atoms with Gasteiger partial charge in [-0.3, -0.25) is 9.78 Å². The lowest BCUT2D eigenvalue weighted by molar-refractivity contribution is 0.333. The number of nitrogens with one attached hydrogen (secondary N) is 1. The first-order valence-electron chi connectivity index (χ1n) is 13.0. The highest BCUT2D eigenvalue weighted by Crippen LogP contribution is 2.27. The highest BCUT2D eigenvalue weighted by Gasteiger charge is 2.23. The maximum Gasteiger partial charge on any atom is 0.250 e. The number of alkyl halides is 1. The van der Waals surface area contributed by atoms with Gasteiger partial charge in [-0.25, -0.2) is 9.37 Å². The van der Waals surface area contributed by atoms with Gasteiger partial charge in [-0.2, -0.15) is 0 Å². The van der Waals surface area contributed by atoms with Gasteiger partial charge in [0.25, 0.3) is 5.56 Å². The van der Waals surface area contributed by atoms with Crippen molar-refractivity contribution in [2.75, 3.05) is 0 Å². The number of halogens is 1. The van der Waals surface area contributed by atoms with Gasteiger partial charge in [-0.1, -0.05) is 43.3 Å². The Balaban J connectivity index is 1.31. The van der Waals surface area contributed by atoms with Crippen LogP contribution in [-0.4, -0.2) is 31.9 Å². The smallest absolute Gasteiger partial charge is 0.250 e. The molecule has 192 valence electrons. The largest absolute Gasteiger partial charge is 0.354 e. The molecule has 1 N–H and O–H groups in total. The van der Waals surface area contributed by atoms with Gasteiger partial charge in [-0.05, 0) is 43.7 Å². The summed E-state index contributed by atoms with van der Waals surface area (Å²) < 4.78 is 20.8. The van der Waals surface area contributed by atoms with Crippen LogP contribution in [0.2, 0.25) is 0 Å². The van der Waals surface area contributed by atoms with Crippen LogP contribution in [0.5, 0.6) is 0 Å². The average Bonchev–Trinajstić information content (AvgIpc) is 3.59. The second-order valence-corrected chi connectivity index (χ2v) is 9.68. The molecule has 0 bridgehead atoms. The van der Waals surface area contributed by atoms with E-state index in [0.717, 1.165) is 36.0 Å². The Morgan fingerprint density at radius 3 is 2.51 bits per heavy atom. The quantitative estimate of drug-likeness (QED) is 0.304. The Labute approximate surface area is 215 Å². The van der Waals surface area contributed by atoms with Crippen LogP contribution < -0.4 is 10.9 Å². The van der Waals surface area contributed by atoms with Crippen LogP contribution in [0.4, 0.5) is 4.39 Å². The number of aromatic nitrogens is 4. The molecule has 2 atom stereocenters. The van der Waals surface area contributed by atoms with Crippen LogP contribution in [0.15, 0.2) is 70.4 Å². The highest BCUT2D eigenvalue weighted by molar-refractivity contribution is 5.66. The third-order valence-electron chi connectivity index (χ3n) is 7.18. The highest BCUT2D eigenvalue weighted by atomic mass is 19.1. The molecule has 1 aliphatic carbocycles. The number of benzene rings is 1. The summed E-state index contributed by atoms with van der Waals surface area (Å²) in [6.07, 6.45) is 8.43. The number of pyridine rings is 1. The monoisotopic (exact) mass is 501 g/mol. The van der Waals surface area contributed by atoms with Crippen molar-refractivity contribution in [3.8, 4) is 34.0 Å². The molecule has 7 nitrogen and oxygen atoms in total. The number of hydrogen-bond donors (Lipinski definition) is 1. The first-order valence-corrected chi connectivity index (χ1v) is 13.0. The van der Waals surface area contributed by atoms with Crippen LogP contribution in [0.25, 0.3) is 34.0 Å². The summed E-state index contributed by atoms with van der Waals surface area (Å²) in [5.74, 6) is 0.519. The van der Waals surface area contributed by atoms with Gasteiger partial charge in [-0.15, -0.1) is 0 Å². The SMILES string of the molecule is CCC(CC)n1cc(-c2cncc(-c3cc(-c4ccc(CN[C@@H]5CCC(F)C5)cc4)no3)n2)ccc1=O. The summed E-state index contributed by atoms with van der Waals surface area (Å²) in [7, 11) is 0. The fourth-order valence-electron chi connectivity index (χ4n) is 4.95. The van der Waals surface area contributed by atoms with E-state index in [1.54, 1.807) is 29.1 Å². The van der Waals surface area contributed by atoms with E-state index in [2.05, 4.69) is 29.3 Å². The van der Waals surface area contributed by atoms with Crippen LogP contribution in [0.3, 0.4) is 0 Å². The normalized spacial score (nSPS) is 17.5. The Morgan fingerprint density at radius 2 is 1.78 bits per heavy atom. The Bertz CT molecular complexity index is 1390. The molecule has 1 fully saturated rings. The van der Waals surface area contributed by atoms with Gasteiger partial charge in [0.05, 0.1) is 18.1 Å². The zero-order valence-electron chi connectivity index (χ0n) is 21.2. The standard InChI is InChI=1S/C29H32FN5O2/c1-3-24(4-2)35-18-21(9-12-29(35)36)26-16-31-17-27(33-26)28-14-25(34-37-28)20-7-5-19(6-8-20)15-32-23-11-10-22(30)13-23/h5-9,12,14,16-18,22-24,32H,3-4,10-11,13,15H2,1-2H3/t22?,23-/m1/s1. The molecule has 3 heterocycles. The number of nitrogens with zero attached hydrogens (tertiary/aromatic N) is 4. The average molecular weight is 502 g/mol. The molecule has 0 radical (unpaired) electrons. The topological polar surface area (TPSA) is 85.8 Å². The van der Waals surface area contributed by atoms with E-state index in [4.69, 9.17) is 9.51 Å². The second kappa shape index (κ2) is 11.2. The van der Waals surface area contributed by atoms with Crippen LogP contribution in [0.1, 0.15) is 57.6 Å². The van der Waals surface area contributed by atoms with Gasteiger partial charge in [0.1, 0.15) is 17.6 Å². The molecule has 8 heteroatoms. The van der Waals surface area contributed by atoms with Crippen molar-refractivity contribution in [2.24, 2.45) is 0 Å². The minimum absolute atomic E-state index is 0.0184. The molecule has 0 amide bonds. The van der Waals surface area contributed by atoms with Crippen molar-refractivity contribution in [1.82, 2.24) is 25.0 Å². The number of hydrogen-bond acceptors (Lipinski definition) is 6. The van der Waals surface area contributed by atoms with Gasteiger partial charge < -0.3 is 14.4 Å². The van der Waals surface area contributed by atoms with E-state index in [1.807, 2.05) is 36.5 Å². The molecule has 0 aliphatic heterocycles. The fourth-order valence-corrected chi connectivity index (χ4v) is 4.95. The summed E-state index contributed by atoms with van der Waals surface area (Å²) in [5, 5.41) is 7.68. The molecule has 4 aromatic rings. The lowest BCUT2D eigenvalue weighted by atomic mass is 10.1. The molecule has 1 saturated carbocycles. The molecule has 0 saturated heterocycles. The molecular formula is C29H32FN5O2. The zero-order valence-corrected chi connectivity index (χ0v) is 21.2. The van der Waals surface area contributed by atoms with Gasteiger partial charge in [0.15, 0.2) is 5.76 Å². The molecule has 37 heavy (non-hydrogen) atoms. The third-order valence-corrected chi connectivity index (χ3v) is 7.18. The predicted molar refractivity (Wildman–Crippen MR) is 142 cm³/mol. The third kappa shape index (κ3) is 5.69. The summed E-state index contributed by atoms with van der Waals surface area (Å²) in [5.41, 5.74) is 4.82. The van der Waals surface area contributed by atoms with Gasteiger partial charge in [0, 0.05) is 48.1 Å². The molecule has 0 spiro atoms. The summed E-state index contributed by atoms with van der Waals surface area (Å²) in [4.78, 5) is 21.5.